The van der Waals surface area contributed by atoms with Crippen LogP contribution in [0.5, 0.6) is 11.5 Å². The number of thiazole rings is 1. The van der Waals surface area contributed by atoms with Crippen molar-refractivity contribution < 1.29 is 19.2 Å². The Morgan fingerprint density at radius 2 is 2.00 bits per heavy atom. The van der Waals surface area contributed by atoms with Gasteiger partial charge >= 0.3 is 5.97 Å². The fourth-order valence-corrected chi connectivity index (χ4v) is 3.76. The lowest BCUT2D eigenvalue weighted by atomic mass is 10.2. The van der Waals surface area contributed by atoms with Crippen molar-refractivity contribution in [2.45, 2.75) is 6.92 Å². The normalized spacial score (nSPS) is 10.9. The minimum Gasteiger partial charge on any atom is -0.490 e. The molecule has 0 radical (unpaired) electrons. The summed E-state index contributed by atoms with van der Waals surface area (Å²) < 4.78 is 12.1. The molecule has 0 saturated heterocycles. The molecule has 33 heavy (non-hydrogen) atoms. The number of non-ortho nitro benzene ring substituents is 1. The Balaban J connectivity index is 1.48. The summed E-state index contributed by atoms with van der Waals surface area (Å²) in [6.07, 6.45) is 1.60. The zero-order chi connectivity index (χ0) is 23.2. The number of nitro benzene ring substituents is 1. The van der Waals surface area contributed by atoms with Crippen LogP contribution in [0.4, 0.5) is 10.8 Å². The highest BCUT2D eigenvalue weighted by Gasteiger charge is 2.16. The molecule has 0 atom stereocenters. The van der Waals surface area contributed by atoms with Crippen LogP contribution in [-0.4, -0.2) is 28.7 Å². The van der Waals surface area contributed by atoms with E-state index in [1.165, 1.54) is 29.5 Å². The zero-order valence-corrected chi connectivity index (χ0v) is 18.2. The molecular formula is C23H18N4O5S. The summed E-state index contributed by atoms with van der Waals surface area (Å²) in [4.78, 5) is 27.3. The first kappa shape index (κ1) is 21.9. The van der Waals surface area contributed by atoms with Gasteiger partial charge < -0.3 is 9.47 Å². The number of nitrogens with one attached hydrogen (secondary N) is 1. The number of esters is 1. The second kappa shape index (κ2) is 9.88. The van der Waals surface area contributed by atoms with Crippen LogP contribution in [0.25, 0.3) is 10.2 Å². The van der Waals surface area contributed by atoms with Crippen LogP contribution < -0.4 is 14.9 Å². The molecule has 0 aliphatic heterocycles. The topological polar surface area (TPSA) is 116 Å². The van der Waals surface area contributed by atoms with Crippen LogP contribution in [0.1, 0.15) is 22.8 Å². The highest BCUT2D eigenvalue weighted by atomic mass is 32.1. The molecular weight excluding hydrogens is 444 g/mol. The summed E-state index contributed by atoms with van der Waals surface area (Å²) >= 11 is 1.49. The molecule has 0 fully saturated rings. The van der Waals surface area contributed by atoms with Gasteiger partial charge in [-0.1, -0.05) is 29.5 Å². The molecule has 10 heteroatoms. The number of hydrogen-bond acceptors (Lipinski definition) is 9. The minimum absolute atomic E-state index is 0.0670. The largest absolute Gasteiger partial charge is 0.490 e. The number of nitrogens with zero attached hydrogens (tertiary/aromatic N) is 3. The number of carbonyl (C=O) groups excluding carboxylic acids is 1. The van der Waals surface area contributed by atoms with Gasteiger partial charge in [-0.05, 0) is 48.9 Å². The van der Waals surface area contributed by atoms with E-state index in [-0.39, 0.29) is 17.0 Å². The van der Waals surface area contributed by atoms with Crippen LogP contribution in [0, 0.1) is 10.1 Å². The fraction of sp³-hybridized carbons (Fsp3) is 0.0870. The number of fused-ring (bicyclic) bond motifs is 1. The SMILES string of the molecule is CCOc1cc(C=NNc2nc3ccccc3s2)ccc1OC(=O)c1cccc([N+](=O)[O-])c1. The van der Waals surface area contributed by atoms with Crippen LogP contribution in [0.2, 0.25) is 0 Å². The summed E-state index contributed by atoms with van der Waals surface area (Å²) in [5.74, 6) is -0.177. The third-order valence-corrected chi connectivity index (χ3v) is 5.37. The monoisotopic (exact) mass is 462 g/mol. The maximum absolute atomic E-state index is 12.5. The Hall–Kier alpha value is -4.31. The van der Waals surface area contributed by atoms with Crippen molar-refractivity contribution in [3.63, 3.8) is 0 Å². The summed E-state index contributed by atoms with van der Waals surface area (Å²) in [5.41, 5.74) is 4.39. The summed E-state index contributed by atoms with van der Waals surface area (Å²) in [6.45, 7) is 2.16. The third-order valence-electron chi connectivity index (χ3n) is 4.43. The van der Waals surface area contributed by atoms with Gasteiger partial charge in [-0.3, -0.25) is 15.5 Å². The molecule has 3 aromatic carbocycles. The average molecular weight is 462 g/mol. The Labute approximate surface area is 192 Å². The number of carbonyl (C=O) groups is 1. The lowest BCUT2D eigenvalue weighted by Crippen LogP contribution is -2.10. The summed E-state index contributed by atoms with van der Waals surface area (Å²) in [5, 5.41) is 15.8. The average Bonchev–Trinajstić information content (AvgIpc) is 3.23. The number of para-hydroxylation sites is 1. The number of ether oxygens (including phenoxy) is 2. The zero-order valence-electron chi connectivity index (χ0n) is 17.4. The first-order valence-corrected chi connectivity index (χ1v) is 10.7. The van der Waals surface area contributed by atoms with Crippen LogP contribution in [0.3, 0.4) is 0 Å². The lowest BCUT2D eigenvalue weighted by Gasteiger charge is -2.11. The van der Waals surface area contributed by atoms with Gasteiger partial charge in [0.05, 0.1) is 33.5 Å². The number of anilines is 1. The molecule has 0 saturated carbocycles. The van der Waals surface area contributed by atoms with E-state index in [0.29, 0.717) is 23.1 Å². The molecule has 0 spiro atoms. The van der Waals surface area contributed by atoms with Gasteiger partial charge in [0, 0.05) is 12.1 Å². The van der Waals surface area contributed by atoms with E-state index < -0.39 is 10.9 Å². The second-order valence-electron chi connectivity index (χ2n) is 6.69. The van der Waals surface area contributed by atoms with Gasteiger partial charge in [0.2, 0.25) is 5.13 Å². The van der Waals surface area contributed by atoms with E-state index in [4.69, 9.17) is 9.47 Å². The molecule has 0 bridgehead atoms. The number of hydrazone groups is 1. The molecule has 9 nitrogen and oxygen atoms in total. The van der Waals surface area contributed by atoms with Crippen molar-refractivity contribution >= 4 is 44.6 Å². The molecule has 4 aromatic rings. The number of rotatable bonds is 8. The number of nitro groups is 1. The highest BCUT2D eigenvalue weighted by molar-refractivity contribution is 7.22. The van der Waals surface area contributed by atoms with Gasteiger partial charge in [0.1, 0.15) is 0 Å². The van der Waals surface area contributed by atoms with Gasteiger partial charge in [-0.2, -0.15) is 5.10 Å². The van der Waals surface area contributed by atoms with Crippen molar-refractivity contribution in [1.29, 1.82) is 0 Å². The standard InChI is InChI=1S/C23H18N4O5S/c1-2-31-20-12-15(14-24-26-23-25-18-8-3-4-9-21(18)33-23)10-11-19(20)32-22(28)16-6-5-7-17(13-16)27(29)30/h3-14H,2H2,1H3,(H,25,26). The maximum Gasteiger partial charge on any atom is 0.343 e. The molecule has 0 unspecified atom stereocenters. The van der Waals surface area contributed by atoms with E-state index in [1.807, 2.05) is 31.2 Å². The predicted octanol–water partition coefficient (Wildman–Crippen LogP) is 5.27. The Morgan fingerprint density at radius 3 is 2.79 bits per heavy atom. The summed E-state index contributed by atoms with van der Waals surface area (Å²) in [7, 11) is 0. The van der Waals surface area contributed by atoms with Crippen molar-refractivity contribution in [3.8, 4) is 11.5 Å². The molecule has 0 aliphatic rings. The second-order valence-corrected chi connectivity index (χ2v) is 7.72. The Bertz CT molecular complexity index is 1320. The highest BCUT2D eigenvalue weighted by Crippen LogP contribution is 2.29. The smallest absolute Gasteiger partial charge is 0.343 e. The molecule has 4 rings (SSSR count). The maximum atomic E-state index is 12.5. The van der Waals surface area contributed by atoms with Gasteiger partial charge in [0.15, 0.2) is 11.5 Å². The molecule has 1 aromatic heterocycles. The number of aromatic nitrogens is 1. The van der Waals surface area contributed by atoms with Crippen LogP contribution in [-0.2, 0) is 0 Å². The van der Waals surface area contributed by atoms with Gasteiger partial charge in [0.25, 0.3) is 5.69 Å². The quantitative estimate of drug-likeness (QED) is 0.125. The van der Waals surface area contributed by atoms with Crippen LogP contribution in [0.15, 0.2) is 71.8 Å². The number of benzene rings is 3. The first-order valence-electron chi connectivity index (χ1n) is 9.91. The third kappa shape index (κ3) is 5.31. The van der Waals surface area contributed by atoms with E-state index in [1.54, 1.807) is 24.4 Å². The van der Waals surface area contributed by atoms with E-state index >= 15 is 0 Å². The fourth-order valence-electron chi connectivity index (χ4n) is 2.94. The molecule has 0 aliphatic carbocycles. The minimum atomic E-state index is -0.724. The van der Waals surface area contributed by atoms with E-state index in [9.17, 15) is 14.9 Å². The van der Waals surface area contributed by atoms with E-state index in [2.05, 4.69) is 15.5 Å². The lowest BCUT2D eigenvalue weighted by molar-refractivity contribution is -0.384. The Kier molecular flexibility index (Phi) is 6.56. The van der Waals surface area contributed by atoms with Crippen molar-refractivity contribution in [3.05, 3.63) is 88.0 Å². The number of hydrogen-bond donors (Lipinski definition) is 1. The first-order chi connectivity index (χ1) is 16.0. The Morgan fingerprint density at radius 1 is 1.15 bits per heavy atom. The molecule has 0 amide bonds. The van der Waals surface area contributed by atoms with Crippen molar-refractivity contribution in [2.24, 2.45) is 5.10 Å². The van der Waals surface area contributed by atoms with Crippen molar-refractivity contribution in [1.82, 2.24) is 4.98 Å². The van der Waals surface area contributed by atoms with Crippen LogP contribution >= 0.6 is 11.3 Å². The van der Waals surface area contributed by atoms with Gasteiger partial charge in [-0.25, -0.2) is 9.78 Å². The van der Waals surface area contributed by atoms with Crippen molar-refractivity contribution in [2.75, 3.05) is 12.0 Å². The molecule has 1 N–H and O–H groups in total. The molecule has 1 heterocycles. The summed E-state index contributed by atoms with van der Waals surface area (Å²) in [6, 6.07) is 18.1. The van der Waals surface area contributed by atoms with Gasteiger partial charge in [-0.15, -0.1) is 0 Å². The predicted molar refractivity (Wildman–Crippen MR) is 127 cm³/mol. The van der Waals surface area contributed by atoms with E-state index in [0.717, 1.165) is 16.3 Å². The molecule has 166 valence electrons.